The van der Waals surface area contributed by atoms with Gasteiger partial charge in [0.25, 0.3) is 5.91 Å². The van der Waals surface area contributed by atoms with Gasteiger partial charge in [-0.2, -0.15) is 5.26 Å². The van der Waals surface area contributed by atoms with E-state index in [2.05, 4.69) is 11.4 Å². The van der Waals surface area contributed by atoms with Crippen LogP contribution in [0.5, 0.6) is 5.75 Å². The maximum Gasteiger partial charge on any atom is 0.254 e. The first-order chi connectivity index (χ1) is 11.7. The Bertz CT molecular complexity index is 765. The fraction of sp³-hybridized carbons (Fsp3) is 0.263. The molecule has 0 aliphatic carbocycles. The molecular weight excluding hydrogens is 302 g/mol. The molecule has 3 rings (SSSR count). The Balaban J connectivity index is 1.91. The summed E-state index contributed by atoms with van der Waals surface area (Å²) < 4.78 is 5.46. The van der Waals surface area contributed by atoms with Gasteiger partial charge in [-0.1, -0.05) is 18.2 Å². The van der Waals surface area contributed by atoms with Crippen LogP contribution in [0.1, 0.15) is 27.5 Å². The second-order valence-corrected chi connectivity index (χ2v) is 5.65. The standard InChI is InChI=1S/C19H19N3O2/c1-24-18-5-3-2-4-16(18)17-13-21-10-11-22(17)19(23)15-8-6-14(12-20)7-9-15/h2-9,17,21H,10-11,13H2,1H3. The van der Waals surface area contributed by atoms with Crippen molar-refractivity contribution in [3.8, 4) is 11.8 Å². The number of nitriles is 1. The predicted octanol–water partition coefficient (Wildman–Crippen LogP) is 2.35. The number of carbonyl (C=O) groups excluding carboxylic acids is 1. The second kappa shape index (κ2) is 7.16. The fourth-order valence-electron chi connectivity index (χ4n) is 3.02. The molecule has 2 aromatic carbocycles. The minimum absolute atomic E-state index is 0.0307. The van der Waals surface area contributed by atoms with E-state index in [0.29, 0.717) is 24.2 Å². The third kappa shape index (κ3) is 3.10. The molecule has 2 aromatic rings. The zero-order chi connectivity index (χ0) is 16.9. The van der Waals surface area contributed by atoms with Gasteiger partial charge in [-0.05, 0) is 30.3 Å². The van der Waals surface area contributed by atoms with Crippen LogP contribution in [0, 0.1) is 11.3 Å². The van der Waals surface area contributed by atoms with E-state index in [1.165, 1.54) is 0 Å². The van der Waals surface area contributed by atoms with Gasteiger partial charge in [-0.25, -0.2) is 0 Å². The molecular formula is C19H19N3O2. The second-order valence-electron chi connectivity index (χ2n) is 5.65. The highest BCUT2D eigenvalue weighted by molar-refractivity contribution is 5.94. The minimum atomic E-state index is -0.0851. The highest BCUT2D eigenvalue weighted by atomic mass is 16.5. The van der Waals surface area contributed by atoms with Crippen molar-refractivity contribution in [3.63, 3.8) is 0 Å². The summed E-state index contributed by atoms with van der Waals surface area (Å²) in [5.74, 6) is 0.751. The van der Waals surface area contributed by atoms with Gasteiger partial charge in [0.05, 0.1) is 24.8 Å². The molecule has 1 atom stereocenters. The van der Waals surface area contributed by atoms with E-state index in [-0.39, 0.29) is 11.9 Å². The van der Waals surface area contributed by atoms with Crippen LogP contribution in [0.3, 0.4) is 0 Å². The SMILES string of the molecule is COc1ccccc1C1CNCCN1C(=O)c1ccc(C#N)cc1. The van der Waals surface area contributed by atoms with Gasteiger partial charge in [0.2, 0.25) is 0 Å². The number of ether oxygens (including phenoxy) is 1. The van der Waals surface area contributed by atoms with Crippen molar-refractivity contribution in [1.29, 1.82) is 5.26 Å². The van der Waals surface area contributed by atoms with E-state index in [4.69, 9.17) is 10.00 Å². The van der Waals surface area contributed by atoms with Crippen molar-refractivity contribution < 1.29 is 9.53 Å². The van der Waals surface area contributed by atoms with E-state index in [0.717, 1.165) is 17.9 Å². The van der Waals surface area contributed by atoms with Crippen LogP contribution < -0.4 is 10.1 Å². The Morgan fingerprint density at radius 2 is 2.00 bits per heavy atom. The summed E-state index contributed by atoms with van der Waals surface area (Å²) in [4.78, 5) is 14.8. The lowest BCUT2D eigenvalue weighted by atomic mass is 10.0. The maximum atomic E-state index is 13.0. The number of carbonyl (C=O) groups is 1. The molecule has 0 aromatic heterocycles. The zero-order valence-corrected chi connectivity index (χ0v) is 13.5. The zero-order valence-electron chi connectivity index (χ0n) is 13.5. The average Bonchev–Trinajstić information content (AvgIpc) is 2.67. The number of benzene rings is 2. The molecule has 0 spiro atoms. The highest BCUT2D eigenvalue weighted by Crippen LogP contribution is 2.31. The number of hydrogen-bond acceptors (Lipinski definition) is 4. The van der Waals surface area contributed by atoms with Gasteiger partial charge in [-0.3, -0.25) is 4.79 Å². The van der Waals surface area contributed by atoms with E-state index in [1.54, 1.807) is 31.4 Å². The molecule has 122 valence electrons. The smallest absolute Gasteiger partial charge is 0.254 e. The van der Waals surface area contributed by atoms with Crippen LogP contribution in [0.25, 0.3) is 0 Å². The molecule has 1 N–H and O–H groups in total. The molecule has 24 heavy (non-hydrogen) atoms. The van der Waals surface area contributed by atoms with Crippen LogP contribution in [0.4, 0.5) is 0 Å². The predicted molar refractivity (Wildman–Crippen MR) is 90.8 cm³/mol. The minimum Gasteiger partial charge on any atom is -0.496 e. The van der Waals surface area contributed by atoms with Crippen LogP contribution >= 0.6 is 0 Å². The van der Waals surface area contributed by atoms with Gasteiger partial charge < -0.3 is 15.0 Å². The number of nitrogens with zero attached hydrogens (tertiary/aromatic N) is 2. The molecule has 0 saturated carbocycles. The summed E-state index contributed by atoms with van der Waals surface area (Å²) in [7, 11) is 1.64. The summed E-state index contributed by atoms with van der Waals surface area (Å²) in [6.07, 6.45) is 0. The molecule has 1 unspecified atom stereocenters. The van der Waals surface area contributed by atoms with Crippen LogP contribution in [0.15, 0.2) is 48.5 Å². The lowest BCUT2D eigenvalue weighted by Gasteiger charge is -2.37. The van der Waals surface area contributed by atoms with E-state index in [9.17, 15) is 4.79 Å². The van der Waals surface area contributed by atoms with Crippen molar-refractivity contribution in [2.24, 2.45) is 0 Å². The fourth-order valence-corrected chi connectivity index (χ4v) is 3.02. The molecule has 1 aliphatic heterocycles. The number of amides is 1. The molecule has 5 nitrogen and oxygen atoms in total. The number of piperazine rings is 1. The normalized spacial score (nSPS) is 17.2. The first kappa shape index (κ1) is 16.0. The number of methoxy groups -OCH3 is 1. The van der Waals surface area contributed by atoms with Crippen LogP contribution in [-0.2, 0) is 0 Å². The Labute approximate surface area is 141 Å². The molecule has 0 radical (unpaired) electrons. The van der Waals surface area contributed by atoms with Gasteiger partial charge in [0.1, 0.15) is 5.75 Å². The largest absolute Gasteiger partial charge is 0.496 e. The van der Waals surface area contributed by atoms with Gasteiger partial charge >= 0.3 is 0 Å². The Morgan fingerprint density at radius 1 is 1.25 bits per heavy atom. The molecule has 1 saturated heterocycles. The summed E-state index contributed by atoms with van der Waals surface area (Å²) in [5.41, 5.74) is 2.14. The van der Waals surface area contributed by atoms with E-state index in [1.807, 2.05) is 29.2 Å². The number of hydrogen-bond donors (Lipinski definition) is 1. The first-order valence-corrected chi connectivity index (χ1v) is 7.89. The van der Waals surface area contributed by atoms with Crippen molar-refractivity contribution >= 4 is 5.91 Å². The highest BCUT2D eigenvalue weighted by Gasteiger charge is 2.30. The van der Waals surface area contributed by atoms with Gasteiger partial charge in [0.15, 0.2) is 0 Å². The summed E-state index contributed by atoms with van der Waals surface area (Å²) in [5, 5.41) is 12.2. The number of para-hydroxylation sites is 1. The van der Waals surface area contributed by atoms with E-state index >= 15 is 0 Å². The van der Waals surface area contributed by atoms with Crippen molar-refractivity contribution in [2.75, 3.05) is 26.7 Å². The average molecular weight is 321 g/mol. The Morgan fingerprint density at radius 3 is 2.71 bits per heavy atom. The first-order valence-electron chi connectivity index (χ1n) is 7.89. The van der Waals surface area contributed by atoms with Crippen molar-refractivity contribution in [2.45, 2.75) is 6.04 Å². The molecule has 1 amide bonds. The quantitative estimate of drug-likeness (QED) is 0.942. The summed E-state index contributed by atoms with van der Waals surface area (Å²) >= 11 is 0. The Kier molecular flexibility index (Phi) is 4.78. The lowest BCUT2D eigenvalue weighted by Crippen LogP contribution is -2.48. The third-order valence-electron chi connectivity index (χ3n) is 4.26. The molecule has 1 aliphatic rings. The molecule has 1 fully saturated rings. The molecule has 0 bridgehead atoms. The monoisotopic (exact) mass is 321 g/mol. The Hall–Kier alpha value is -2.84. The number of nitrogens with one attached hydrogen (secondary N) is 1. The van der Waals surface area contributed by atoms with E-state index < -0.39 is 0 Å². The molecule has 5 heteroatoms. The van der Waals surface area contributed by atoms with Gasteiger partial charge in [-0.15, -0.1) is 0 Å². The summed E-state index contributed by atoms with van der Waals surface area (Å²) in [6, 6.07) is 16.5. The van der Waals surface area contributed by atoms with Gasteiger partial charge in [0, 0.05) is 30.8 Å². The maximum absolute atomic E-state index is 13.0. The molecule has 1 heterocycles. The number of rotatable bonds is 3. The third-order valence-corrected chi connectivity index (χ3v) is 4.26. The topological polar surface area (TPSA) is 65.4 Å². The van der Waals surface area contributed by atoms with Crippen molar-refractivity contribution in [1.82, 2.24) is 10.2 Å². The van der Waals surface area contributed by atoms with Crippen LogP contribution in [-0.4, -0.2) is 37.6 Å². The lowest BCUT2D eigenvalue weighted by molar-refractivity contribution is 0.0631. The van der Waals surface area contributed by atoms with Crippen molar-refractivity contribution in [3.05, 3.63) is 65.2 Å². The van der Waals surface area contributed by atoms with Crippen LogP contribution in [0.2, 0.25) is 0 Å². The summed E-state index contributed by atoms with van der Waals surface area (Å²) in [6.45, 7) is 2.07.